The summed E-state index contributed by atoms with van der Waals surface area (Å²) in [7, 11) is 0. The van der Waals surface area contributed by atoms with Gasteiger partial charge in [0.25, 0.3) is 0 Å². The number of benzene rings is 2. The van der Waals surface area contributed by atoms with Crippen LogP contribution < -0.4 is 5.32 Å². The number of amides is 2. The minimum atomic E-state index is -1.02. The number of hydrogen-bond donors (Lipinski definition) is 2. The zero-order valence-electron chi connectivity index (χ0n) is 20.3. The van der Waals surface area contributed by atoms with Crippen molar-refractivity contribution in [1.29, 1.82) is 0 Å². The number of fused-ring (bicyclic) bond motifs is 3. The van der Waals surface area contributed by atoms with Gasteiger partial charge < -0.3 is 20.1 Å². The average molecular weight is 497 g/mol. The number of carboxylic acids is 1. The third-order valence-corrected chi connectivity index (χ3v) is 8.53. The lowest BCUT2D eigenvalue weighted by Gasteiger charge is -2.33. The lowest BCUT2D eigenvalue weighted by atomic mass is 9.97. The van der Waals surface area contributed by atoms with E-state index in [1.165, 1.54) is 16.7 Å². The number of hydrogen-bond acceptors (Lipinski definition) is 5. The van der Waals surface area contributed by atoms with Crippen LogP contribution in [0.5, 0.6) is 0 Å². The van der Waals surface area contributed by atoms with E-state index in [2.05, 4.69) is 29.6 Å². The van der Waals surface area contributed by atoms with Crippen molar-refractivity contribution in [2.75, 3.05) is 12.4 Å². The summed E-state index contributed by atoms with van der Waals surface area (Å²) >= 11 is 1.47. The van der Waals surface area contributed by atoms with E-state index in [9.17, 15) is 19.5 Å². The van der Waals surface area contributed by atoms with E-state index >= 15 is 0 Å². The Kier molecular flexibility index (Phi) is 7.69. The fourth-order valence-electron chi connectivity index (χ4n) is 4.97. The lowest BCUT2D eigenvalue weighted by Crippen LogP contribution is -2.56. The van der Waals surface area contributed by atoms with Gasteiger partial charge in [-0.3, -0.25) is 4.79 Å². The van der Waals surface area contributed by atoms with Crippen LogP contribution in [0, 0.1) is 5.92 Å². The van der Waals surface area contributed by atoms with Gasteiger partial charge in [0.15, 0.2) is 0 Å². The van der Waals surface area contributed by atoms with E-state index in [1.807, 2.05) is 45.0 Å². The van der Waals surface area contributed by atoms with Crippen molar-refractivity contribution in [3.05, 3.63) is 59.7 Å². The molecule has 8 heteroatoms. The van der Waals surface area contributed by atoms with Gasteiger partial charge >= 0.3 is 12.1 Å². The molecule has 2 aromatic carbocycles. The maximum atomic E-state index is 13.5. The highest BCUT2D eigenvalue weighted by Gasteiger charge is 2.44. The van der Waals surface area contributed by atoms with Crippen molar-refractivity contribution in [3.63, 3.8) is 0 Å². The summed E-state index contributed by atoms with van der Waals surface area (Å²) in [5, 5.41) is 12.2. The molecule has 0 aromatic heterocycles. The van der Waals surface area contributed by atoms with E-state index < -0.39 is 24.1 Å². The molecule has 1 saturated heterocycles. The first kappa shape index (κ1) is 25.1. The molecule has 0 saturated carbocycles. The number of ether oxygens (including phenoxy) is 1. The van der Waals surface area contributed by atoms with E-state index in [-0.39, 0.29) is 29.7 Å². The van der Waals surface area contributed by atoms with Gasteiger partial charge in [-0.15, -0.1) is 11.8 Å². The number of alkyl carbamates (subject to hydrolysis) is 1. The maximum Gasteiger partial charge on any atom is 0.407 e. The van der Waals surface area contributed by atoms with E-state index in [4.69, 9.17) is 4.74 Å². The number of aliphatic carboxylic acids is 1. The summed E-state index contributed by atoms with van der Waals surface area (Å²) in [6.07, 6.45) is 0.616. The third kappa shape index (κ3) is 4.89. The largest absolute Gasteiger partial charge is 0.480 e. The van der Waals surface area contributed by atoms with E-state index in [0.717, 1.165) is 22.3 Å². The van der Waals surface area contributed by atoms with Crippen molar-refractivity contribution in [2.24, 2.45) is 5.92 Å². The Balaban J connectivity index is 1.48. The standard InChI is InChI=1S/C27H32N2O5S/c1-4-16(3)24(25(30)29-22(26(31)32)15-35-23(29)5-2)28-27(33)34-14-21-19-12-8-6-10-17(19)18-11-7-9-13-20(18)21/h6-13,16,21-24H,4-5,14-15H2,1-3H3,(H,28,33)(H,31,32)/t16-,22?,23?,24-/m0/s1. The molecule has 2 unspecified atom stereocenters. The van der Waals surface area contributed by atoms with Gasteiger partial charge in [0, 0.05) is 11.7 Å². The molecule has 186 valence electrons. The number of rotatable bonds is 8. The Hall–Kier alpha value is -3.00. The number of nitrogens with zero attached hydrogens (tertiary/aromatic N) is 1. The molecule has 1 aliphatic heterocycles. The lowest BCUT2D eigenvalue weighted by molar-refractivity contribution is -0.150. The van der Waals surface area contributed by atoms with E-state index in [0.29, 0.717) is 18.6 Å². The molecule has 4 rings (SSSR count). The Morgan fingerprint density at radius 2 is 1.69 bits per heavy atom. The molecule has 7 nitrogen and oxygen atoms in total. The maximum absolute atomic E-state index is 13.5. The molecule has 1 aliphatic carbocycles. The van der Waals surface area contributed by atoms with Crippen molar-refractivity contribution < 1.29 is 24.2 Å². The average Bonchev–Trinajstić information content (AvgIpc) is 3.45. The number of carboxylic acid groups (broad SMARTS) is 1. The number of thioether (sulfide) groups is 1. The second-order valence-corrected chi connectivity index (χ2v) is 10.3. The van der Waals surface area contributed by atoms with Crippen LogP contribution in [-0.4, -0.2) is 57.8 Å². The fraction of sp³-hybridized carbons (Fsp3) is 0.444. The molecule has 2 amide bonds. The molecule has 35 heavy (non-hydrogen) atoms. The predicted molar refractivity (Wildman–Crippen MR) is 136 cm³/mol. The summed E-state index contributed by atoms with van der Waals surface area (Å²) in [4.78, 5) is 39.7. The van der Waals surface area contributed by atoms with Gasteiger partial charge in [0.2, 0.25) is 5.91 Å². The van der Waals surface area contributed by atoms with Crippen LogP contribution in [0.1, 0.15) is 50.7 Å². The van der Waals surface area contributed by atoms with Crippen LogP contribution in [-0.2, 0) is 14.3 Å². The van der Waals surface area contributed by atoms with Crippen LogP contribution in [0.4, 0.5) is 4.79 Å². The van der Waals surface area contributed by atoms with Crippen LogP contribution in [0.3, 0.4) is 0 Å². The summed E-state index contributed by atoms with van der Waals surface area (Å²) in [5.74, 6) is -1.30. The van der Waals surface area contributed by atoms with Gasteiger partial charge in [0.05, 0.1) is 5.37 Å². The Morgan fingerprint density at radius 1 is 1.09 bits per heavy atom. The van der Waals surface area contributed by atoms with Crippen LogP contribution in [0.25, 0.3) is 11.1 Å². The number of carbonyl (C=O) groups excluding carboxylic acids is 2. The second kappa shape index (κ2) is 10.7. The molecule has 0 spiro atoms. The molecule has 1 fully saturated rings. The first-order valence-corrected chi connectivity index (χ1v) is 13.2. The highest BCUT2D eigenvalue weighted by molar-refractivity contribution is 8.00. The molecule has 0 radical (unpaired) electrons. The first-order chi connectivity index (χ1) is 16.9. The minimum absolute atomic E-state index is 0.0817. The van der Waals surface area contributed by atoms with Crippen LogP contribution >= 0.6 is 11.8 Å². The van der Waals surface area contributed by atoms with Crippen LogP contribution in [0.2, 0.25) is 0 Å². The van der Waals surface area contributed by atoms with Gasteiger partial charge in [0.1, 0.15) is 18.7 Å². The highest BCUT2D eigenvalue weighted by Crippen LogP contribution is 2.44. The molecular formula is C27H32N2O5S. The molecule has 2 aromatic rings. The SMILES string of the molecule is CCC1SCC(C(=O)O)N1C(=O)[C@@H](NC(=O)OCC1c2ccccc2-c2ccccc21)[C@@H](C)CC. The van der Waals surface area contributed by atoms with E-state index in [1.54, 1.807) is 0 Å². The topological polar surface area (TPSA) is 95.9 Å². The Morgan fingerprint density at radius 3 is 2.23 bits per heavy atom. The van der Waals surface area contributed by atoms with Gasteiger partial charge in [-0.25, -0.2) is 9.59 Å². The zero-order valence-corrected chi connectivity index (χ0v) is 21.1. The summed E-state index contributed by atoms with van der Waals surface area (Å²) < 4.78 is 5.66. The Bertz CT molecular complexity index is 1060. The quantitative estimate of drug-likeness (QED) is 0.550. The smallest absolute Gasteiger partial charge is 0.407 e. The monoisotopic (exact) mass is 496 g/mol. The van der Waals surface area contributed by atoms with Crippen molar-refractivity contribution in [3.8, 4) is 11.1 Å². The number of nitrogens with one attached hydrogen (secondary N) is 1. The highest BCUT2D eigenvalue weighted by atomic mass is 32.2. The molecule has 0 bridgehead atoms. The molecular weight excluding hydrogens is 464 g/mol. The second-order valence-electron chi connectivity index (χ2n) is 9.13. The van der Waals surface area contributed by atoms with Crippen LogP contribution in [0.15, 0.2) is 48.5 Å². The molecule has 1 heterocycles. The molecule has 2 aliphatic rings. The van der Waals surface area contributed by atoms with Crippen molar-refractivity contribution >= 4 is 29.7 Å². The molecule has 2 N–H and O–H groups in total. The van der Waals surface area contributed by atoms with Gasteiger partial charge in [-0.1, -0.05) is 75.7 Å². The minimum Gasteiger partial charge on any atom is -0.480 e. The first-order valence-electron chi connectivity index (χ1n) is 12.1. The number of carbonyl (C=O) groups is 3. The third-order valence-electron chi connectivity index (χ3n) is 7.08. The van der Waals surface area contributed by atoms with Crippen molar-refractivity contribution in [2.45, 2.75) is 57.0 Å². The fourth-order valence-corrected chi connectivity index (χ4v) is 6.33. The predicted octanol–water partition coefficient (Wildman–Crippen LogP) is 4.70. The molecule has 4 atom stereocenters. The summed E-state index contributed by atoms with van der Waals surface area (Å²) in [5.41, 5.74) is 4.50. The Labute approximate surface area is 210 Å². The van der Waals surface area contributed by atoms with Gasteiger partial charge in [-0.05, 0) is 34.6 Å². The zero-order chi connectivity index (χ0) is 25.1. The summed E-state index contributed by atoms with van der Waals surface area (Å²) in [6, 6.07) is 14.4. The normalized spacial score (nSPS) is 20.6. The summed E-state index contributed by atoms with van der Waals surface area (Å²) in [6.45, 7) is 5.90. The van der Waals surface area contributed by atoms with Crippen molar-refractivity contribution in [1.82, 2.24) is 10.2 Å². The van der Waals surface area contributed by atoms with Gasteiger partial charge in [-0.2, -0.15) is 0 Å².